The summed E-state index contributed by atoms with van der Waals surface area (Å²) in [5.41, 5.74) is 1.99. The molecule has 0 N–H and O–H groups in total. The third kappa shape index (κ3) is 2.05. The van der Waals surface area contributed by atoms with Gasteiger partial charge in [-0.25, -0.2) is 0 Å². The molecule has 0 radical (unpaired) electrons. The van der Waals surface area contributed by atoms with E-state index in [0.29, 0.717) is 0 Å². The zero-order valence-electron chi connectivity index (χ0n) is 8.40. The van der Waals surface area contributed by atoms with Gasteiger partial charge >= 0.3 is 0 Å². The molecule has 1 aliphatic carbocycles. The minimum Gasteiger partial charge on any atom is -0.192 e. The highest BCUT2D eigenvalue weighted by molar-refractivity contribution is 5.63. The molecule has 0 saturated heterocycles. The molecule has 0 fully saturated rings. The molecule has 0 aliphatic heterocycles. The quantitative estimate of drug-likeness (QED) is 0.614. The van der Waals surface area contributed by atoms with Crippen LogP contribution in [-0.2, 0) is 0 Å². The number of hydrogen-bond acceptors (Lipinski definition) is 1. The maximum atomic E-state index is 8.70. The first-order valence-corrected chi connectivity index (χ1v) is 4.86. The first kappa shape index (κ1) is 9.48. The first-order chi connectivity index (χ1) is 7.29. The third-order valence-corrected chi connectivity index (χ3v) is 2.46. The van der Waals surface area contributed by atoms with Gasteiger partial charge < -0.3 is 0 Å². The molecule has 2 rings (SSSR count). The fourth-order valence-electron chi connectivity index (χ4n) is 1.56. The van der Waals surface area contributed by atoms with Crippen LogP contribution < -0.4 is 10.4 Å². The van der Waals surface area contributed by atoms with E-state index in [0.717, 1.165) is 17.2 Å². The van der Waals surface area contributed by atoms with Crippen molar-refractivity contribution < 1.29 is 0 Å². The van der Waals surface area contributed by atoms with Gasteiger partial charge in [-0.1, -0.05) is 43.0 Å². The normalized spacial score (nSPS) is 14.6. The second-order valence-corrected chi connectivity index (χ2v) is 3.53. The van der Waals surface area contributed by atoms with E-state index in [1.54, 1.807) is 0 Å². The standard InChI is InChI=1S/C14H11N/c1-11-2-6-13(7-3-11)14-8-4-12(10-15)5-9-14/h2-8H,1,9H2. The van der Waals surface area contributed by atoms with Crippen LogP contribution in [0.5, 0.6) is 0 Å². The van der Waals surface area contributed by atoms with Gasteiger partial charge in [0.1, 0.15) is 0 Å². The summed E-state index contributed by atoms with van der Waals surface area (Å²) in [7, 11) is 0. The second-order valence-electron chi connectivity index (χ2n) is 3.53. The maximum Gasteiger partial charge on any atom is 0.0988 e. The van der Waals surface area contributed by atoms with Crippen LogP contribution in [0, 0.1) is 11.3 Å². The van der Waals surface area contributed by atoms with Crippen molar-refractivity contribution in [3.63, 3.8) is 0 Å². The third-order valence-electron chi connectivity index (χ3n) is 2.46. The molecule has 0 bridgehead atoms. The molecule has 15 heavy (non-hydrogen) atoms. The van der Waals surface area contributed by atoms with E-state index < -0.39 is 0 Å². The molecule has 0 saturated carbocycles. The predicted octanol–water partition coefficient (Wildman–Crippen LogP) is 1.66. The molecule has 1 nitrogen and oxygen atoms in total. The van der Waals surface area contributed by atoms with Crippen LogP contribution in [0.4, 0.5) is 0 Å². The Morgan fingerprint density at radius 3 is 2.40 bits per heavy atom. The van der Waals surface area contributed by atoms with Crippen molar-refractivity contribution in [3.8, 4) is 6.07 Å². The Balaban J connectivity index is 2.44. The van der Waals surface area contributed by atoms with Crippen LogP contribution in [0.15, 0.2) is 48.1 Å². The highest BCUT2D eigenvalue weighted by atomic mass is 14.2. The minimum atomic E-state index is 0.743. The molecule has 0 atom stereocenters. The van der Waals surface area contributed by atoms with Crippen LogP contribution in [0.1, 0.15) is 6.42 Å². The number of allylic oxidation sites excluding steroid dienone is 4. The topological polar surface area (TPSA) is 23.8 Å². The van der Waals surface area contributed by atoms with Gasteiger partial charge in [-0.2, -0.15) is 5.26 Å². The average Bonchev–Trinajstić information content (AvgIpc) is 2.30. The van der Waals surface area contributed by atoms with Crippen LogP contribution in [0.2, 0.25) is 0 Å². The molecule has 0 heterocycles. The molecule has 0 amide bonds. The van der Waals surface area contributed by atoms with Crippen molar-refractivity contribution in [3.05, 3.63) is 58.5 Å². The Morgan fingerprint density at radius 1 is 1.13 bits per heavy atom. The van der Waals surface area contributed by atoms with E-state index in [-0.39, 0.29) is 0 Å². The highest BCUT2D eigenvalue weighted by Crippen LogP contribution is 2.14. The van der Waals surface area contributed by atoms with Gasteiger partial charge in [0.15, 0.2) is 0 Å². The molecule has 1 heteroatoms. The molecule has 0 unspecified atom stereocenters. The highest BCUT2D eigenvalue weighted by Gasteiger charge is 2.00. The van der Waals surface area contributed by atoms with E-state index >= 15 is 0 Å². The molecule has 0 aromatic heterocycles. The zero-order chi connectivity index (χ0) is 10.7. The Morgan fingerprint density at radius 2 is 1.87 bits per heavy atom. The Kier molecular flexibility index (Phi) is 2.51. The van der Waals surface area contributed by atoms with Crippen LogP contribution in [0.25, 0.3) is 12.2 Å². The van der Waals surface area contributed by atoms with E-state index in [9.17, 15) is 0 Å². The fourth-order valence-corrected chi connectivity index (χ4v) is 1.56. The molecule has 0 spiro atoms. The van der Waals surface area contributed by atoms with E-state index in [2.05, 4.69) is 24.8 Å². The predicted molar refractivity (Wildman–Crippen MR) is 62.1 cm³/mol. The average molecular weight is 193 g/mol. The van der Waals surface area contributed by atoms with Crippen molar-refractivity contribution in [1.29, 1.82) is 5.26 Å². The Hall–Kier alpha value is -2.07. The number of rotatable bonds is 0. The number of nitriles is 1. The van der Waals surface area contributed by atoms with Crippen molar-refractivity contribution in [2.45, 2.75) is 6.42 Å². The molecular weight excluding hydrogens is 182 g/mol. The minimum absolute atomic E-state index is 0.743. The van der Waals surface area contributed by atoms with Crippen molar-refractivity contribution in [2.75, 3.05) is 0 Å². The molecule has 72 valence electrons. The van der Waals surface area contributed by atoms with E-state index in [1.165, 1.54) is 10.8 Å². The summed E-state index contributed by atoms with van der Waals surface area (Å²) in [6.07, 6.45) is 6.65. The maximum absolute atomic E-state index is 8.70. The molecular formula is C14H11N. The van der Waals surface area contributed by atoms with Gasteiger partial charge in [-0.05, 0) is 28.5 Å². The monoisotopic (exact) mass is 193 g/mol. The first-order valence-electron chi connectivity index (χ1n) is 4.86. The SMILES string of the molecule is C=c1ccc(=C2C=CC(C#N)=CC2)cc1. The summed E-state index contributed by atoms with van der Waals surface area (Å²) < 4.78 is 0. The summed E-state index contributed by atoms with van der Waals surface area (Å²) in [5, 5.41) is 10.9. The van der Waals surface area contributed by atoms with E-state index in [1.807, 2.05) is 30.4 Å². The largest absolute Gasteiger partial charge is 0.192 e. The van der Waals surface area contributed by atoms with Gasteiger partial charge in [-0.15, -0.1) is 0 Å². The second kappa shape index (κ2) is 3.98. The lowest BCUT2D eigenvalue weighted by Gasteiger charge is -2.03. The van der Waals surface area contributed by atoms with Gasteiger partial charge in [0.2, 0.25) is 0 Å². The molecule has 1 aromatic carbocycles. The van der Waals surface area contributed by atoms with Crippen molar-refractivity contribution >= 4 is 12.2 Å². The fraction of sp³-hybridized carbons (Fsp3) is 0.0714. The van der Waals surface area contributed by atoms with Gasteiger partial charge in [0, 0.05) is 5.57 Å². The summed E-state index contributed by atoms with van der Waals surface area (Å²) >= 11 is 0. The summed E-state index contributed by atoms with van der Waals surface area (Å²) in [4.78, 5) is 0. The smallest absolute Gasteiger partial charge is 0.0988 e. The number of benzene rings is 1. The van der Waals surface area contributed by atoms with Gasteiger partial charge in [0.25, 0.3) is 0 Å². The van der Waals surface area contributed by atoms with Crippen molar-refractivity contribution in [2.24, 2.45) is 0 Å². The Labute approximate surface area is 89.0 Å². The van der Waals surface area contributed by atoms with Gasteiger partial charge in [-0.3, -0.25) is 0 Å². The van der Waals surface area contributed by atoms with Gasteiger partial charge in [0.05, 0.1) is 6.07 Å². The van der Waals surface area contributed by atoms with Crippen LogP contribution in [-0.4, -0.2) is 0 Å². The number of hydrogen-bond donors (Lipinski definition) is 0. The lowest BCUT2D eigenvalue weighted by atomic mass is 10.0. The van der Waals surface area contributed by atoms with Crippen LogP contribution in [0.3, 0.4) is 0 Å². The number of nitrogens with zero attached hydrogens (tertiary/aromatic N) is 1. The van der Waals surface area contributed by atoms with E-state index in [4.69, 9.17) is 5.26 Å². The summed E-state index contributed by atoms with van der Waals surface area (Å²) in [6.45, 7) is 3.85. The van der Waals surface area contributed by atoms with Crippen molar-refractivity contribution in [1.82, 2.24) is 0 Å². The molecule has 1 aliphatic rings. The van der Waals surface area contributed by atoms with Crippen LogP contribution >= 0.6 is 0 Å². The molecule has 1 aromatic rings. The zero-order valence-corrected chi connectivity index (χ0v) is 8.40. The Bertz CT molecular complexity index is 559. The summed E-state index contributed by atoms with van der Waals surface area (Å²) in [5.74, 6) is 0. The lowest BCUT2D eigenvalue weighted by Crippen LogP contribution is -2.09. The summed E-state index contributed by atoms with van der Waals surface area (Å²) in [6, 6.07) is 10.3. The lowest BCUT2D eigenvalue weighted by molar-refractivity contribution is 1.33.